The molecule has 0 aromatic heterocycles. The van der Waals surface area contributed by atoms with Crippen molar-refractivity contribution < 1.29 is 9.46 Å². The van der Waals surface area contributed by atoms with Crippen molar-refractivity contribution >= 4 is 13.5 Å². The molecule has 0 spiro atoms. The molecule has 0 rings (SSSR count). The van der Waals surface area contributed by atoms with Gasteiger partial charge in [-0.05, 0) is 27.7 Å². The van der Waals surface area contributed by atoms with Crippen molar-refractivity contribution in [3.63, 3.8) is 0 Å². The maximum Gasteiger partial charge on any atom is 0.312 e. The lowest BCUT2D eigenvalue weighted by molar-refractivity contribution is 0.350. The van der Waals surface area contributed by atoms with Gasteiger partial charge in [-0.15, -0.1) is 0 Å². The van der Waals surface area contributed by atoms with E-state index >= 15 is 0 Å². The minimum absolute atomic E-state index is 0.628. The molecule has 0 aliphatic carbocycles. The van der Waals surface area contributed by atoms with Gasteiger partial charge < -0.3 is 14.7 Å². The van der Waals surface area contributed by atoms with Gasteiger partial charge in [-0.25, -0.2) is 0 Å². The third-order valence-electron chi connectivity index (χ3n) is 2.37. The molecule has 5 nitrogen and oxygen atoms in total. The van der Waals surface area contributed by atoms with Gasteiger partial charge in [0.05, 0.1) is 0 Å². The van der Waals surface area contributed by atoms with E-state index in [0.29, 0.717) is 5.96 Å². The van der Waals surface area contributed by atoms with Gasteiger partial charge in [0.25, 0.3) is 0 Å². The second-order valence-electron chi connectivity index (χ2n) is 3.58. The lowest BCUT2D eigenvalue weighted by Gasteiger charge is -2.32. The topological polar surface area (TPSA) is 56.1 Å². The zero-order valence-electron chi connectivity index (χ0n) is 11.0. The summed E-state index contributed by atoms with van der Waals surface area (Å²) in [7, 11) is -3.38. The van der Waals surface area contributed by atoms with Crippen molar-refractivity contribution in [3.05, 3.63) is 0 Å². The normalized spacial score (nSPS) is 14.1. The van der Waals surface area contributed by atoms with Gasteiger partial charge in [0, 0.05) is 32.8 Å². The number of hydrogen-bond donors (Lipinski definition) is 1. The van der Waals surface area contributed by atoms with Gasteiger partial charge in [0.15, 0.2) is 0 Å². The molecule has 0 aliphatic heterocycles. The van der Waals surface area contributed by atoms with E-state index in [0.717, 1.165) is 26.2 Å². The molecule has 0 aliphatic rings. The Morgan fingerprint density at radius 2 is 1.38 bits per heavy atom. The monoisotopic (exact) mass is 249 g/mol. The molecule has 0 amide bonds. The fourth-order valence-corrected chi connectivity index (χ4v) is 2.09. The lowest BCUT2D eigenvalue weighted by atomic mass is 10.4. The third kappa shape index (κ3) is 4.99. The quantitative estimate of drug-likeness (QED) is 0.459. The van der Waals surface area contributed by atoms with Gasteiger partial charge in [-0.2, -0.15) is 4.76 Å². The number of rotatable bonds is 5. The van der Waals surface area contributed by atoms with E-state index in [1.165, 1.54) is 6.66 Å². The molecule has 0 fully saturated rings. The summed E-state index contributed by atoms with van der Waals surface area (Å²) in [6.45, 7) is 12.5. The Balaban J connectivity index is 5.18. The first kappa shape index (κ1) is 15.5. The Morgan fingerprint density at radius 1 is 1.06 bits per heavy atom. The van der Waals surface area contributed by atoms with E-state index in [1.54, 1.807) is 0 Å². The van der Waals surface area contributed by atoms with Crippen molar-refractivity contribution in [1.82, 2.24) is 9.80 Å². The summed E-state index contributed by atoms with van der Waals surface area (Å²) in [6, 6.07) is 0. The Bertz CT molecular complexity index is 253. The first-order valence-electron chi connectivity index (χ1n) is 5.79. The molecular weight excluding hydrogens is 225 g/mol. The zero-order valence-corrected chi connectivity index (χ0v) is 11.9. The average molecular weight is 249 g/mol. The van der Waals surface area contributed by atoms with Crippen LogP contribution in [0.5, 0.6) is 0 Å². The Morgan fingerprint density at radius 3 is 1.56 bits per heavy atom. The van der Waals surface area contributed by atoms with Crippen LogP contribution in [0.3, 0.4) is 0 Å². The molecule has 6 heteroatoms. The van der Waals surface area contributed by atoms with Crippen molar-refractivity contribution in [2.75, 3.05) is 32.8 Å². The van der Waals surface area contributed by atoms with E-state index < -0.39 is 7.52 Å². The number of hydrogen-bond acceptors (Lipinski definition) is 1. The lowest BCUT2D eigenvalue weighted by Crippen LogP contribution is -2.44. The minimum atomic E-state index is -3.38. The molecule has 1 N–H and O–H groups in total. The SMILES string of the molecule is CCN(CC)C(=NP(C)(=O)O)N(CC)CC. The summed E-state index contributed by atoms with van der Waals surface area (Å²) in [4.78, 5) is 13.4. The van der Waals surface area contributed by atoms with Crippen LogP contribution in [0.1, 0.15) is 27.7 Å². The second-order valence-corrected chi connectivity index (χ2v) is 5.45. The van der Waals surface area contributed by atoms with Gasteiger partial charge in [-0.1, -0.05) is 0 Å². The smallest absolute Gasteiger partial charge is 0.312 e. The molecule has 16 heavy (non-hydrogen) atoms. The maximum atomic E-state index is 11.4. The Labute approximate surface area is 98.7 Å². The van der Waals surface area contributed by atoms with Gasteiger partial charge in [0.1, 0.15) is 0 Å². The summed E-state index contributed by atoms with van der Waals surface area (Å²) < 4.78 is 15.4. The minimum Gasteiger partial charge on any atom is -0.343 e. The third-order valence-corrected chi connectivity index (χ3v) is 2.92. The molecule has 1 unspecified atom stereocenters. The van der Waals surface area contributed by atoms with Crippen LogP contribution in [-0.4, -0.2) is 53.5 Å². The first-order chi connectivity index (χ1) is 7.39. The highest BCUT2D eigenvalue weighted by Crippen LogP contribution is 2.37. The van der Waals surface area contributed by atoms with Crippen LogP contribution in [0.25, 0.3) is 0 Å². The zero-order chi connectivity index (χ0) is 12.8. The van der Waals surface area contributed by atoms with Crippen molar-refractivity contribution in [2.24, 2.45) is 4.76 Å². The van der Waals surface area contributed by atoms with Crippen LogP contribution in [-0.2, 0) is 4.57 Å². The fourth-order valence-electron chi connectivity index (χ4n) is 1.51. The molecule has 0 heterocycles. The number of nitrogens with zero attached hydrogens (tertiary/aromatic N) is 3. The summed E-state index contributed by atoms with van der Waals surface area (Å²) >= 11 is 0. The highest BCUT2D eigenvalue weighted by atomic mass is 31.2. The van der Waals surface area contributed by atoms with Crippen LogP contribution in [0.2, 0.25) is 0 Å². The molecule has 0 aromatic carbocycles. The van der Waals surface area contributed by atoms with Crippen molar-refractivity contribution in [2.45, 2.75) is 27.7 Å². The Kier molecular flexibility index (Phi) is 6.68. The van der Waals surface area contributed by atoms with E-state index in [4.69, 9.17) is 0 Å². The van der Waals surface area contributed by atoms with E-state index in [1.807, 2.05) is 37.5 Å². The van der Waals surface area contributed by atoms with Crippen LogP contribution in [0.15, 0.2) is 4.76 Å². The van der Waals surface area contributed by atoms with Gasteiger partial charge in [0.2, 0.25) is 5.96 Å². The molecule has 96 valence electrons. The molecule has 0 saturated carbocycles. The van der Waals surface area contributed by atoms with Gasteiger partial charge >= 0.3 is 7.52 Å². The Hall–Kier alpha value is -0.540. The first-order valence-corrected chi connectivity index (χ1v) is 7.85. The molecule has 0 bridgehead atoms. The molecule has 1 atom stereocenters. The van der Waals surface area contributed by atoms with Crippen molar-refractivity contribution in [3.8, 4) is 0 Å². The highest BCUT2D eigenvalue weighted by Gasteiger charge is 2.18. The summed E-state index contributed by atoms with van der Waals surface area (Å²) in [5, 5.41) is 0. The second kappa shape index (κ2) is 6.92. The predicted molar refractivity (Wildman–Crippen MR) is 69.0 cm³/mol. The largest absolute Gasteiger partial charge is 0.343 e. The standard InChI is InChI=1S/C10H24N3O2P/c1-6-12(7-2)10(11-16(5,14)15)13(8-3)9-4/h6-9H2,1-5H3,(H,14,15). The molecule has 0 saturated heterocycles. The van der Waals surface area contributed by atoms with Crippen LogP contribution in [0.4, 0.5) is 0 Å². The molecule has 0 aromatic rings. The van der Waals surface area contributed by atoms with E-state index in [-0.39, 0.29) is 0 Å². The van der Waals surface area contributed by atoms with Crippen molar-refractivity contribution in [1.29, 1.82) is 0 Å². The molecular formula is C10H24N3O2P. The predicted octanol–water partition coefficient (Wildman–Crippen LogP) is 1.84. The van der Waals surface area contributed by atoms with Crippen LogP contribution in [0, 0.1) is 0 Å². The summed E-state index contributed by atoms with van der Waals surface area (Å²) in [5.41, 5.74) is 0. The summed E-state index contributed by atoms with van der Waals surface area (Å²) in [6.07, 6.45) is 0. The van der Waals surface area contributed by atoms with E-state index in [2.05, 4.69) is 4.76 Å². The number of guanidine groups is 1. The van der Waals surface area contributed by atoms with Crippen LogP contribution < -0.4 is 0 Å². The summed E-state index contributed by atoms with van der Waals surface area (Å²) in [5.74, 6) is 0.628. The van der Waals surface area contributed by atoms with Gasteiger partial charge in [-0.3, -0.25) is 4.57 Å². The van der Waals surface area contributed by atoms with Crippen LogP contribution >= 0.6 is 7.52 Å². The highest BCUT2D eigenvalue weighted by molar-refractivity contribution is 7.55. The molecule has 0 radical (unpaired) electrons. The fraction of sp³-hybridized carbons (Fsp3) is 0.900. The average Bonchev–Trinajstić information content (AvgIpc) is 2.19. The van der Waals surface area contributed by atoms with E-state index in [9.17, 15) is 9.46 Å². The maximum absolute atomic E-state index is 11.4.